The molecular weight excluding hydrogens is 496 g/mol. The first kappa shape index (κ1) is 24.4. The molecule has 2 aliphatic rings. The molecule has 1 saturated heterocycles. The summed E-state index contributed by atoms with van der Waals surface area (Å²) in [5.41, 5.74) is 1.50. The number of rotatable bonds is 5. The van der Waals surface area contributed by atoms with Crippen LogP contribution in [0.3, 0.4) is 0 Å². The number of halogens is 1. The van der Waals surface area contributed by atoms with Crippen molar-refractivity contribution >= 4 is 52.2 Å². The van der Waals surface area contributed by atoms with Crippen LogP contribution in [0.15, 0.2) is 75.0 Å². The minimum Gasteiger partial charge on any atom is -0.478 e. The van der Waals surface area contributed by atoms with E-state index in [9.17, 15) is 14.7 Å². The van der Waals surface area contributed by atoms with Gasteiger partial charge in [-0.1, -0.05) is 55.6 Å². The standard InChI is InChI=1S/C28H25ClN2O4S/c1-17-7-5-6-10-23(17)31-26(32)25(36-28(31)30-19-8-3-2-4-9-19)16-20-12-14-24(35-20)18-11-13-21(27(33)34)22(29)15-18/h2-4,8-9,11-17,23H,5-7,10H2,1H3,(H,33,34)/b25-16-,30-28?/t17-,23-/m0/s1. The third kappa shape index (κ3) is 4.99. The van der Waals surface area contributed by atoms with E-state index in [0.29, 0.717) is 33.1 Å². The highest BCUT2D eigenvalue weighted by molar-refractivity contribution is 8.18. The Morgan fingerprint density at radius 1 is 1.14 bits per heavy atom. The van der Waals surface area contributed by atoms with E-state index in [2.05, 4.69) is 6.92 Å². The van der Waals surface area contributed by atoms with Gasteiger partial charge in [0.1, 0.15) is 11.5 Å². The van der Waals surface area contributed by atoms with Crippen LogP contribution in [-0.2, 0) is 4.79 Å². The molecule has 0 bridgehead atoms. The average molecular weight is 521 g/mol. The largest absolute Gasteiger partial charge is 0.478 e. The molecule has 5 rings (SSSR count). The van der Waals surface area contributed by atoms with Crippen molar-refractivity contribution in [1.29, 1.82) is 0 Å². The van der Waals surface area contributed by atoms with E-state index in [1.54, 1.807) is 30.3 Å². The van der Waals surface area contributed by atoms with E-state index >= 15 is 0 Å². The van der Waals surface area contributed by atoms with Crippen LogP contribution in [0.25, 0.3) is 17.4 Å². The molecule has 2 atom stereocenters. The first-order valence-corrected chi connectivity index (χ1v) is 13.1. The number of aliphatic imine (C=N–C) groups is 1. The minimum atomic E-state index is -1.09. The van der Waals surface area contributed by atoms with Crippen molar-refractivity contribution in [3.05, 3.63) is 81.9 Å². The van der Waals surface area contributed by atoms with Crippen LogP contribution in [0.1, 0.15) is 48.7 Å². The molecule has 3 aromatic rings. The molecule has 1 aliphatic carbocycles. The predicted molar refractivity (Wildman–Crippen MR) is 143 cm³/mol. The van der Waals surface area contributed by atoms with Gasteiger partial charge in [-0.2, -0.15) is 0 Å². The highest BCUT2D eigenvalue weighted by Gasteiger charge is 2.41. The number of amides is 1. The van der Waals surface area contributed by atoms with Crippen molar-refractivity contribution in [2.24, 2.45) is 10.9 Å². The van der Waals surface area contributed by atoms with Gasteiger partial charge in [-0.25, -0.2) is 9.79 Å². The number of aromatic carboxylic acids is 1. The normalized spacial score (nSPS) is 22.5. The van der Waals surface area contributed by atoms with E-state index in [4.69, 9.17) is 21.0 Å². The van der Waals surface area contributed by atoms with Gasteiger partial charge in [0.15, 0.2) is 5.17 Å². The quantitative estimate of drug-likeness (QED) is 0.352. The summed E-state index contributed by atoms with van der Waals surface area (Å²) in [5, 5.41) is 10.0. The third-order valence-electron chi connectivity index (χ3n) is 6.60. The molecule has 0 unspecified atom stereocenters. The lowest BCUT2D eigenvalue weighted by Gasteiger charge is -2.35. The maximum atomic E-state index is 13.6. The number of benzene rings is 2. The average Bonchev–Trinajstić information content (AvgIpc) is 3.45. The Labute approximate surface area is 218 Å². The van der Waals surface area contributed by atoms with E-state index in [0.717, 1.165) is 24.9 Å². The number of hydrogen-bond acceptors (Lipinski definition) is 5. The van der Waals surface area contributed by atoms with Crippen LogP contribution < -0.4 is 0 Å². The zero-order valence-electron chi connectivity index (χ0n) is 19.7. The molecular formula is C28H25ClN2O4S. The molecule has 8 heteroatoms. The molecule has 1 aromatic heterocycles. The predicted octanol–water partition coefficient (Wildman–Crippen LogP) is 7.48. The number of carbonyl (C=O) groups is 2. The second-order valence-corrected chi connectivity index (χ2v) is 10.5. The molecule has 36 heavy (non-hydrogen) atoms. The molecule has 1 amide bonds. The van der Waals surface area contributed by atoms with Crippen molar-refractivity contribution in [2.75, 3.05) is 0 Å². The fourth-order valence-corrected chi connectivity index (χ4v) is 5.99. The topological polar surface area (TPSA) is 83.1 Å². The first-order valence-electron chi connectivity index (χ1n) is 11.9. The lowest BCUT2D eigenvalue weighted by Crippen LogP contribution is -2.44. The molecule has 184 valence electrons. The number of furan rings is 1. The number of nitrogens with zero attached hydrogens (tertiary/aromatic N) is 2. The lowest BCUT2D eigenvalue weighted by molar-refractivity contribution is -0.124. The Bertz CT molecular complexity index is 1360. The summed E-state index contributed by atoms with van der Waals surface area (Å²) in [4.78, 5) is 32.1. The highest BCUT2D eigenvalue weighted by Crippen LogP contribution is 2.40. The van der Waals surface area contributed by atoms with Crippen LogP contribution in [0.4, 0.5) is 5.69 Å². The van der Waals surface area contributed by atoms with Gasteiger partial charge in [0.05, 0.1) is 21.2 Å². The van der Waals surface area contributed by atoms with Gasteiger partial charge in [0.25, 0.3) is 5.91 Å². The van der Waals surface area contributed by atoms with Gasteiger partial charge in [-0.15, -0.1) is 0 Å². The summed E-state index contributed by atoms with van der Waals surface area (Å²) in [6, 6.07) is 18.0. The summed E-state index contributed by atoms with van der Waals surface area (Å²) < 4.78 is 5.98. The lowest BCUT2D eigenvalue weighted by atomic mass is 9.85. The fourth-order valence-electron chi connectivity index (χ4n) is 4.71. The van der Waals surface area contributed by atoms with Gasteiger partial charge < -0.3 is 9.52 Å². The molecule has 0 radical (unpaired) electrons. The van der Waals surface area contributed by atoms with Gasteiger partial charge in [-0.05, 0) is 66.9 Å². The fraction of sp³-hybridized carbons (Fsp3) is 0.250. The monoisotopic (exact) mass is 520 g/mol. The minimum absolute atomic E-state index is 0.0320. The first-order chi connectivity index (χ1) is 17.4. The van der Waals surface area contributed by atoms with E-state index in [1.807, 2.05) is 35.2 Å². The summed E-state index contributed by atoms with van der Waals surface area (Å²) in [6.45, 7) is 2.21. The van der Waals surface area contributed by atoms with Crippen molar-refractivity contribution in [1.82, 2.24) is 4.90 Å². The maximum absolute atomic E-state index is 13.6. The summed E-state index contributed by atoms with van der Waals surface area (Å²) in [5.74, 6) is 0.319. The van der Waals surface area contributed by atoms with Crippen LogP contribution in [0, 0.1) is 5.92 Å². The van der Waals surface area contributed by atoms with Gasteiger partial charge in [0.2, 0.25) is 0 Å². The molecule has 1 N–H and O–H groups in total. The Morgan fingerprint density at radius 3 is 2.64 bits per heavy atom. The zero-order valence-corrected chi connectivity index (χ0v) is 21.3. The number of para-hydroxylation sites is 1. The Balaban J connectivity index is 1.46. The molecule has 2 fully saturated rings. The Kier molecular flexibility index (Phi) is 7.03. The molecule has 1 aliphatic heterocycles. The smallest absolute Gasteiger partial charge is 0.337 e. The number of carboxylic acid groups (broad SMARTS) is 1. The highest BCUT2D eigenvalue weighted by atomic mass is 35.5. The Morgan fingerprint density at radius 2 is 1.92 bits per heavy atom. The summed E-state index contributed by atoms with van der Waals surface area (Å²) in [6.07, 6.45) is 6.10. The number of carbonyl (C=O) groups excluding carboxylic acids is 1. The second-order valence-electron chi connectivity index (χ2n) is 9.05. The van der Waals surface area contributed by atoms with E-state index in [-0.39, 0.29) is 22.5 Å². The van der Waals surface area contributed by atoms with Crippen LogP contribution in [0.5, 0.6) is 0 Å². The van der Waals surface area contributed by atoms with E-state index < -0.39 is 5.97 Å². The Hall–Kier alpha value is -3.29. The van der Waals surface area contributed by atoms with Crippen LogP contribution in [0.2, 0.25) is 5.02 Å². The second kappa shape index (κ2) is 10.4. The van der Waals surface area contributed by atoms with Crippen molar-refractivity contribution in [2.45, 2.75) is 38.6 Å². The van der Waals surface area contributed by atoms with Crippen LogP contribution >= 0.6 is 23.4 Å². The number of hydrogen-bond donors (Lipinski definition) is 1. The van der Waals surface area contributed by atoms with Crippen molar-refractivity contribution in [3.63, 3.8) is 0 Å². The molecule has 1 saturated carbocycles. The van der Waals surface area contributed by atoms with Gasteiger partial charge >= 0.3 is 5.97 Å². The molecule has 2 heterocycles. The SMILES string of the molecule is C[C@H]1CCCC[C@@H]1N1C(=O)/C(=C/c2ccc(-c3ccc(C(=O)O)c(Cl)c3)o2)SC1=Nc1ccccc1. The molecule has 0 spiro atoms. The number of carboxylic acids is 1. The molecule has 6 nitrogen and oxygen atoms in total. The molecule has 2 aromatic carbocycles. The zero-order chi connectivity index (χ0) is 25.2. The third-order valence-corrected chi connectivity index (χ3v) is 7.90. The van der Waals surface area contributed by atoms with Crippen LogP contribution in [-0.4, -0.2) is 33.1 Å². The van der Waals surface area contributed by atoms with Crippen molar-refractivity contribution < 1.29 is 19.1 Å². The van der Waals surface area contributed by atoms with E-state index in [1.165, 1.54) is 24.2 Å². The maximum Gasteiger partial charge on any atom is 0.337 e. The number of amidine groups is 1. The summed E-state index contributed by atoms with van der Waals surface area (Å²) >= 11 is 7.49. The number of thioether (sulfide) groups is 1. The van der Waals surface area contributed by atoms with Gasteiger partial charge in [0, 0.05) is 17.7 Å². The van der Waals surface area contributed by atoms with Crippen molar-refractivity contribution in [3.8, 4) is 11.3 Å². The summed E-state index contributed by atoms with van der Waals surface area (Å²) in [7, 11) is 0. The van der Waals surface area contributed by atoms with Gasteiger partial charge in [-0.3, -0.25) is 9.69 Å².